The van der Waals surface area contributed by atoms with Gasteiger partial charge in [0.05, 0.1) is 0 Å². The Morgan fingerprint density at radius 1 is 1.33 bits per heavy atom. The van der Waals surface area contributed by atoms with Crippen LogP contribution in [0, 0.1) is 5.41 Å². The van der Waals surface area contributed by atoms with Crippen LogP contribution in [-0.2, 0) is 4.79 Å². The van der Waals surface area contributed by atoms with E-state index in [1.54, 1.807) is 6.92 Å². The monoisotopic (exact) mass is 126 g/mol. The maximum Gasteiger partial charge on any atom is 0.163 e. The Morgan fingerprint density at radius 3 is 1.67 bits per heavy atom. The van der Waals surface area contributed by atoms with Crippen molar-refractivity contribution in [2.45, 2.75) is 27.7 Å². The fraction of sp³-hybridized carbons (Fsp3) is 0.625. The van der Waals surface area contributed by atoms with Gasteiger partial charge in [-0.05, 0) is 12.5 Å². The van der Waals surface area contributed by atoms with Crippen molar-refractivity contribution in [2.75, 3.05) is 0 Å². The zero-order valence-corrected chi connectivity index (χ0v) is 6.62. The van der Waals surface area contributed by atoms with Crippen molar-refractivity contribution in [1.29, 1.82) is 0 Å². The molecule has 0 rings (SSSR count). The van der Waals surface area contributed by atoms with E-state index >= 15 is 0 Å². The average molecular weight is 126 g/mol. The fourth-order valence-electron chi connectivity index (χ4n) is 0.640. The zero-order valence-electron chi connectivity index (χ0n) is 6.62. The van der Waals surface area contributed by atoms with Crippen LogP contribution in [0.3, 0.4) is 0 Å². The summed E-state index contributed by atoms with van der Waals surface area (Å²) in [6, 6.07) is 0. The molecule has 0 amide bonds. The predicted octanol–water partition coefficient (Wildman–Crippen LogP) is 2.18. The topological polar surface area (TPSA) is 17.1 Å². The maximum atomic E-state index is 11.1. The molecule has 1 nitrogen and oxygen atoms in total. The Balaban J connectivity index is 4.23. The molecule has 0 fully saturated rings. The van der Waals surface area contributed by atoms with Gasteiger partial charge in [-0.15, -0.1) is 0 Å². The van der Waals surface area contributed by atoms with E-state index in [4.69, 9.17) is 0 Å². The quantitative estimate of drug-likeness (QED) is 0.492. The predicted molar refractivity (Wildman–Crippen MR) is 39.3 cm³/mol. The molecule has 0 aliphatic rings. The number of hydrogen-bond donors (Lipinski definition) is 0. The van der Waals surface area contributed by atoms with Gasteiger partial charge in [0, 0.05) is 5.41 Å². The van der Waals surface area contributed by atoms with Gasteiger partial charge in [0.15, 0.2) is 5.78 Å². The average Bonchev–Trinajstić information content (AvgIpc) is 1.62. The van der Waals surface area contributed by atoms with Gasteiger partial charge in [0.1, 0.15) is 0 Å². The highest BCUT2D eigenvalue weighted by molar-refractivity contribution is 5.97. The summed E-state index contributed by atoms with van der Waals surface area (Å²) in [5.41, 5.74) is 0.383. The third kappa shape index (κ3) is 2.45. The van der Waals surface area contributed by atoms with Crippen LogP contribution in [0.2, 0.25) is 0 Å². The molecule has 0 saturated heterocycles. The molecule has 0 atom stereocenters. The minimum Gasteiger partial charge on any atom is -0.294 e. The number of carbonyl (C=O) groups is 1. The molecule has 0 heterocycles. The van der Waals surface area contributed by atoms with Crippen LogP contribution in [-0.4, -0.2) is 5.78 Å². The molecule has 0 aromatic rings. The van der Waals surface area contributed by atoms with Crippen LogP contribution in [0.5, 0.6) is 0 Å². The number of allylic oxidation sites excluding steroid dienone is 1. The minimum atomic E-state index is -0.258. The van der Waals surface area contributed by atoms with Gasteiger partial charge in [-0.3, -0.25) is 4.79 Å². The summed E-state index contributed by atoms with van der Waals surface area (Å²) in [6.45, 7) is 11.0. The number of ketones is 1. The third-order valence-corrected chi connectivity index (χ3v) is 1.07. The summed E-state index contributed by atoms with van der Waals surface area (Å²) in [6.07, 6.45) is 0. The lowest BCUT2D eigenvalue weighted by Gasteiger charge is -2.15. The Kier molecular flexibility index (Phi) is 2.19. The summed E-state index contributed by atoms with van der Waals surface area (Å²) >= 11 is 0. The molecule has 0 bridgehead atoms. The van der Waals surface area contributed by atoms with Crippen molar-refractivity contribution < 1.29 is 4.79 Å². The standard InChI is InChI=1S/C8H14O/c1-6(2)7(9)8(3,4)5/h1H2,2-5H3. The number of carbonyl (C=O) groups excluding carboxylic acids is 1. The second-order valence-corrected chi connectivity index (χ2v) is 3.36. The molecule has 0 unspecified atom stereocenters. The van der Waals surface area contributed by atoms with Crippen molar-refractivity contribution in [2.24, 2.45) is 5.41 Å². The highest BCUT2D eigenvalue weighted by Gasteiger charge is 2.20. The Hall–Kier alpha value is -0.590. The highest BCUT2D eigenvalue weighted by atomic mass is 16.1. The first kappa shape index (κ1) is 8.41. The van der Waals surface area contributed by atoms with Gasteiger partial charge in [-0.25, -0.2) is 0 Å². The van der Waals surface area contributed by atoms with Gasteiger partial charge in [0.25, 0.3) is 0 Å². The highest BCUT2D eigenvalue weighted by Crippen LogP contribution is 2.17. The number of rotatable bonds is 1. The molecular weight excluding hydrogens is 112 g/mol. The van der Waals surface area contributed by atoms with E-state index in [0.29, 0.717) is 5.57 Å². The van der Waals surface area contributed by atoms with Crippen LogP contribution < -0.4 is 0 Å². The lowest BCUT2D eigenvalue weighted by molar-refractivity contribution is -0.122. The summed E-state index contributed by atoms with van der Waals surface area (Å²) in [5.74, 6) is 0.141. The van der Waals surface area contributed by atoms with E-state index in [1.807, 2.05) is 20.8 Å². The zero-order chi connectivity index (χ0) is 7.65. The molecule has 9 heavy (non-hydrogen) atoms. The van der Waals surface area contributed by atoms with Crippen LogP contribution >= 0.6 is 0 Å². The lowest BCUT2D eigenvalue weighted by atomic mass is 9.87. The molecule has 1 heteroatoms. The summed E-state index contributed by atoms with van der Waals surface area (Å²) < 4.78 is 0. The second kappa shape index (κ2) is 2.34. The van der Waals surface area contributed by atoms with Gasteiger partial charge in [-0.2, -0.15) is 0 Å². The lowest BCUT2D eigenvalue weighted by Crippen LogP contribution is -2.20. The molecule has 0 aliphatic carbocycles. The van der Waals surface area contributed by atoms with Gasteiger partial charge in [-0.1, -0.05) is 27.4 Å². The van der Waals surface area contributed by atoms with E-state index in [9.17, 15) is 4.79 Å². The molecule has 0 spiro atoms. The van der Waals surface area contributed by atoms with Crippen molar-refractivity contribution in [3.8, 4) is 0 Å². The largest absolute Gasteiger partial charge is 0.294 e. The van der Waals surface area contributed by atoms with E-state index in [0.717, 1.165) is 0 Å². The van der Waals surface area contributed by atoms with E-state index in [-0.39, 0.29) is 11.2 Å². The molecule has 0 aromatic heterocycles. The fourth-order valence-corrected chi connectivity index (χ4v) is 0.640. The number of Topliss-reactive ketones (excluding diaryl/α,β-unsaturated/α-hetero) is 1. The van der Waals surface area contributed by atoms with E-state index in [1.165, 1.54) is 0 Å². The molecule has 0 N–H and O–H groups in total. The summed E-state index contributed by atoms with van der Waals surface area (Å²) in [7, 11) is 0. The van der Waals surface area contributed by atoms with Gasteiger partial charge >= 0.3 is 0 Å². The maximum absolute atomic E-state index is 11.1. The summed E-state index contributed by atoms with van der Waals surface area (Å²) in [5, 5.41) is 0. The first-order valence-corrected chi connectivity index (χ1v) is 3.06. The SMILES string of the molecule is C=C(C)C(=O)C(C)(C)C. The first-order valence-electron chi connectivity index (χ1n) is 3.06. The Bertz CT molecular complexity index is 137. The summed E-state index contributed by atoms with van der Waals surface area (Å²) in [4.78, 5) is 11.1. The third-order valence-electron chi connectivity index (χ3n) is 1.07. The van der Waals surface area contributed by atoms with Crippen molar-refractivity contribution in [3.05, 3.63) is 12.2 Å². The van der Waals surface area contributed by atoms with E-state index in [2.05, 4.69) is 6.58 Å². The minimum absolute atomic E-state index is 0.141. The van der Waals surface area contributed by atoms with Crippen LogP contribution in [0.15, 0.2) is 12.2 Å². The molecule has 0 aromatic carbocycles. The number of hydrogen-bond acceptors (Lipinski definition) is 1. The smallest absolute Gasteiger partial charge is 0.163 e. The van der Waals surface area contributed by atoms with Crippen molar-refractivity contribution in [1.82, 2.24) is 0 Å². The Labute approximate surface area is 56.8 Å². The van der Waals surface area contributed by atoms with Gasteiger partial charge < -0.3 is 0 Å². The van der Waals surface area contributed by atoms with Crippen LogP contribution in [0.25, 0.3) is 0 Å². The van der Waals surface area contributed by atoms with Gasteiger partial charge in [0.2, 0.25) is 0 Å². The molecule has 0 aliphatic heterocycles. The van der Waals surface area contributed by atoms with Crippen LogP contribution in [0.4, 0.5) is 0 Å². The van der Waals surface area contributed by atoms with E-state index < -0.39 is 0 Å². The molecule has 0 saturated carbocycles. The molecule has 0 radical (unpaired) electrons. The molecule has 52 valence electrons. The van der Waals surface area contributed by atoms with Crippen molar-refractivity contribution >= 4 is 5.78 Å². The first-order chi connectivity index (χ1) is 3.85. The normalized spacial score (nSPS) is 11.1. The second-order valence-electron chi connectivity index (χ2n) is 3.36. The Morgan fingerprint density at radius 2 is 1.67 bits per heavy atom. The van der Waals surface area contributed by atoms with Crippen molar-refractivity contribution in [3.63, 3.8) is 0 Å². The van der Waals surface area contributed by atoms with Crippen LogP contribution in [0.1, 0.15) is 27.7 Å². The molecular formula is C8H14O.